The third-order valence-corrected chi connectivity index (χ3v) is 2.71. The lowest BCUT2D eigenvalue weighted by Crippen LogP contribution is -2.18. The fourth-order valence-corrected chi connectivity index (χ4v) is 2.13. The minimum atomic E-state index is 0. The van der Waals surface area contributed by atoms with E-state index in [1.165, 1.54) is 21.9 Å². The van der Waals surface area contributed by atoms with E-state index in [1.807, 2.05) is 0 Å². The van der Waals surface area contributed by atoms with Gasteiger partial charge in [0.2, 0.25) is 0 Å². The molecule has 0 spiro atoms. The molecule has 0 aromatic heterocycles. The van der Waals surface area contributed by atoms with E-state index in [4.69, 9.17) is 0 Å². The number of rotatable bonds is 0. The quantitative estimate of drug-likeness (QED) is 0.698. The molecule has 1 aliphatic heterocycles. The maximum Gasteiger partial charge on any atom is 0.0214 e. The van der Waals surface area contributed by atoms with Crippen LogP contribution in [0.4, 0.5) is 0 Å². The van der Waals surface area contributed by atoms with Crippen molar-refractivity contribution in [3.8, 4) is 0 Å². The molecule has 1 aliphatic rings. The smallest absolute Gasteiger partial charge is 0.0214 e. The molecule has 2 aromatic rings. The number of nitrogens with one attached hydrogen (secondary N) is 1. The van der Waals surface area contributed by atoms with Gasteiger partial charge < -0.3 is 5.32 Å². The zero-order valence-electron chi connectivity index (χ0n) is 7.79. The van der Waals surface area contributed by atoms with Crippen molar-refractivity contribution < 1.29 is 0 Å². The van der Waals surface area contributed by atoms with Crippen LogP contribution in [0.15, 0.2) is 36.4 Å². The van der Waals surface area contributed by atoms with Crippen molar-refractivity contribution in [3.63, 3.8) is 0 Å². The number of halogens is 1. The van der Waals surface area contributed by atoms with Crippen molar-refractivity contribution in [1.82, 2.24) is 5.32 Å². The van der Waals surface area contributed by atoms with Crippen LogP contribution in [0.3, 0.4) is 0 Å². The third-order valence-electron chi connectivity index (χ3n) is 2.71. The summed E-state index contributed by atoms with van der Waals surface area (Å²) in [5.41, 5.74) is 2.86. The molecular weight excluding hydrogens is 194 g/mol. The summed E-state index contributed by atoms with van der Waals surface area (Å²) in [5.74, 6) is 0. The highest BCUT2D eigenvalue weighted by Crippen LogP contribution is 2.25. The molecule has 1 N–H and O–H groups in total. The van der Waals surface area contributed by atoms with Gasteiger partial charge in [-0.15, -0.1) is 12.4 Å². The SMILES string of the molecule is Cl.c1cc2c3c(cccc3c1)CNC2. The first-order valence-corrected chi connectivity index (χ1v) is 4.65. The molecule has 72 valence electrons. The lowest BCUT2D eigenvalue weighted by atomic mass is 9.96. The number of benzene rings is 2. The second-order valence-corrected chi connectivity index (χ2v) is 3.54. The molecule has 0 atom stereocenters. The second-order valence-electron chi connectivity index (χ2n) is 3.54. The molecule has 1 nitrogen and oxygen atoms in total. The van der Waals surface area contributed by atoms with Gasteiger partial charge in [-0.25, -0.2) is 0 Å². The molecule has 0 unspecified atom stereocenters. The Bertz CT molecular complexity index is 426. The summed E-state index contributed by atoms with van der Waals surface area (Å²) in [6.45, 7) is 2.02. The molecular formula is C12H12ClN. The molecule has 0 fully saturated rings. The highest BCUT2D eigenvalue weighted by atomic mass is 35.5. The van der Waals surface area contributed by atoms with E-state index in [9.17, 15) is 0 Å². The molecule has 0 amide bonds. The van der Waals surface area contributed by atoms with Crippen LogP contribution in [0.1, 0.15) is 11.1 Å². The predicted molar refractivity (Wildman–Crippen MR) is 61.7 cm³/mol. The minimum absolute atomic E-state index is 0. The molecule has 2 heteroatoms. The van der Waals surface area contributed by atoms with Gasteiger partial charge in [0.15, 0.2) is 0 Å². The topological polar surface area (TPSA) is 12.0 Å². The van der Waals surface area contributed by atoms with Crippen LogP contribution in [0.25, 0.3) is 10.8 Å². The zero-order chi connectivity index (χ0) is 8.67. The van der Waals surface area contributed by atoms with Gasteiger partial charge in [0.25, 0.3) is 0 Å². The Hall–Kier alpha value is -1.05. The summed E-state index contributed by atoms with van der Waals surface area (Å²) >= 11 is 0. The van der Waals surface area contributed by atoms with E-state index in [1.54, 1.807) is 0 Å². The average molecular weight is 206 g/mol. The van der Waals surface area contributed by atoms with E-state index in [-0.39, 0.29) is 12.4 Å². The third kappa shape index (κ3) is 1.29. The van der Waals surface area contributed by atoms with Gasteiger partial charge in [0, 0.05) is 13.1 Å². The summed E-state index contributed by atoms with van der Waals surface area (Å²) < 4.78 is 0. The first kappa shape index (κ1) is 9.50. The molecule has 3 rings (SSSR count). The Morgan fingerprint density at radius 3 is 2.00 bits per heavy atom. The average Bonchev–Trinajstić information content (AvgIpc) is 2.19. The van der Waals surface area contributed by atoms with Crippen molar-refractivity contribution in [2.24, 2.45) is 0 Å². The number of hydrogen-bond donors (Lipinski definition) is 1. The predicted octanol–water partition coefficient (Wildman–Crippen LogP) is 2.86. The Labute approximate surface area is 89.5 Å². The van der Waals surface area contributed by atoms with Crippen molar-refractivity contribution >= 4 is 23.2 Å². The zero-order valence-corrected chi connectivity index (χ0v) is 8.60. The highest BCUT2D eigenvalue weighted by molar-refractivity contribution is 5.89. The van der Waals surface area contributed by atoms with Gasteiger partial charge in [-0.3, -0.25) is 0 Å². The maximum atomic E-state index is 3.40. The molecule has 0 radical (unpaired) electrons. The first-order chi connectivity index (χ1) is 6.45. The van der Waals surface area contributed by atoms with Crippen molar-refractivity contribution in [2.45, 2.75) is 13.1 Å². The van der Waals surface area contributed by atoms with Crippen LogP contribution in [0.2, 0.25) is 0 Å². The van der Waals surface area contributed by atoms with E-state index in [0.29, 0.717) is 0 Å². The first-order valence-electron chi connectivity index (χ1n) is 4.65. The van der Waals surface area contributed by atoms with Crippen molar-refractivity contribution in [3.05, 3.63) is 47.5 Å². The fourth-order valence-electron chi connectivity index (χ4n) is 2.13. The standard InChI is InChI=1S/C12H11N.ClH/c1-3-9-4-2-6-11-8-13-7-10(5-1)12(9)11;/h1-6,13H,7-8H2;1H. The molecule has 0 saturated heterocycles. The van der Waals surface area contributed by atoms with E-state index >= 15 is 0 Å². The van der Waals surface area contributed by atoms with Gasteiger partial charge in [0.05, 0.1) is 0 Å². The molecule has 0 saturated carbocycles. The van der Waals surface area contributed by atoms with Gasteiger partial charge in [-0.2, -0.15) is 0 Å². The summed E-state index contributed by atoms with van der Waals surface area (Å²) in [5, 5.41) is 6.23. The van der Waals surface area contributed by atoms with Crippen LogP contribution in [-0.2, 0) is 13.1 Å². The molecule has 14 heavy (non-hydrogen) atoms. The molecule has 2 aromatic carbocycles. The van der Waals surface area contributed by atoms with Crippen molar-refractivity contribution in [1.29, 1.82) is 0 Å². The lowest BCUT2D eigenvalue weighted by Gasteiger charge is -2.17. The monoisotopic (exact) mass is 205 g/mol. The maximum absolute atomic E-state index is 3.40. The van der Waals surface area contributed by atoms with Crippen LogP contribution < -0.4 is 5.32 Å². The largest absolute Gasteiger partial charge is 0.309 e. The van der Waals surface area contributed by atoms with E-state index in [0.717, 1.165) is 13.1 Å². The normalized spacial score (nSPS) is 13.7. The van der Waals surface area contributed by atoms with Crippen molar-refractivity contribution in [2.75, 3.05) is 0 Å². The fraction of sp³-hybridized carbons (Fsp3) is 0.167. The summed E-state index contributed by atoms with van der Waals surface area (Å²) in [6.07, 6.45) is 0. The van der Waals surface area contributed by atoms with Crippen LogP contribution >= 0.6 is 12.4 Å². The van der Waals surface area contributed by atoms with E-state index in [2.05, 4.69) is 41.7 Å². The molecule has 0 aliphatic carbocycles. The Kier molecular flexibility index (Phi) is 2.44. The Morgan fingerprint density at radius 2 is 1.43 bits per heavy atom. The summed E-state index contributed by atoms with van der Waals surface area (Å²) in [4.78, 5) is 0. The van der Waals surface area contributed by atoms with Crippen LogP contribution in [-0.4, -0.2) is 0 Å². The van der Waals surface area contributed by atoms with Crippen LogP contribution in [0.5, 0.6) is 0 Å². The summed E-state index contributed by atoms with van der Waals surface area (Å²) in [7, 11) is 0. The molecule has 1 heterocycles. The van der Waals surface area contributed by atoms with Gasteiger partial charge in [-0.1, -0.05) is 36.4 Å². The Balaban J connectivity index is 0.000000750. The number of hydrogen-bond acceptors (Lipinski definition) is 1. The minimum Gasteiger partial charge on any atom is -0.309 e. The lowest BCUT2D eigenvalue weighted by molar-refractivity contribution is 0.683. The summed E-state index contributed by atoms with van der Waals surface area (Å²) in [6, 6.07) is 13.1. The second kappa shape index (κ2) is 3.60. The van der Waals surface area contributed by atoms with E-state index < -0.39 is 0 Å². The highest BCUT2D eigenvalue weighted by Gasteiger charge is 2.09. The van der Waals surface area contributed by atoms with Crippen LogP contribution in [0, 0.1) is 0 Å². The molecule has 0 bridgehead atoms. The Morgan fingerprint density at radius 1 is 0.857 bits per heavy atom. The van der Waals surface area contributed by atoms with Gasteiger partial charge in [-0.05, 0) is 21.9 Å². The van der Waals surface area contributed by atoms with Gasteiger partial charge in [0.1, 0.15) is 0 Å². The van der Waals surface area contributed by atoms with Gasteiger partial charge >= 0.3 is 0 Å².